The molecule has 8 aromatic rings. The van der Waals surface area contributed by atoms with Gasteiger partial charge in [-0.2, -0.15) is 0 Å². The van der Waals surface area contributed by atoms with Crippen molar-refractivity contribution in [3.63, 3.8) is 0 Å². The smallest absolute Gasteiger partial charge is 0.136 e. The fourth-order valence-electron chi connectivity index (χ4n) is 13.1. The standard InChI is InChI=1S/C98H124N6O4/c1-5-9-13-17-21-25-29-33-37-45-69-105-95-75-87(97(107-71-47-39-35-31-27-23-19-15-11-7-3)73-85(95)59-51-81-55-63-91(101-77-81)89-49-41-43-67-99-89)61-53-83-57-65-93(103-79-83)94-66-58-84(80-104-94)54-62-88-76-96(106-70-46-38-34-30-26-22-18-14-10-6-2)86(60-52-82-56-64-92(102-78-82)90-50-42-44-68-100-90)74-98(88)108-72-48-40-36-32-28-24-20-16-12-8-4/h41-44,49-50,55-58,63-68,73-80H,5-40,45-48,69-72H2,1-4H3. The summed E-state index contributed by atoms with van der Waals surface area (Å²) in [5, 5.41) is 0. The Labute approximate surface area is 651 Å². The Hall–Kier alpha value is -9.22. The van der Waals surface area contributed by atoms with Gasteiger partial charge in [0.25, 0.3) is 0 Å². The molecule has 0 aliphatic carbocycles. The molecule has 0 radical (unpaired) electrons. The predicted octanol–water partition coefficient (Wildman–Crippen LogP) is 25.9. The Morgan fingerprint density at radius 3 is 0.602 bits per heavy atom. The van der Waals surface area contributed by atoms with Gasteiger partial charge in [0.2, 0.25) is 0 Å². The maximum Gasteiger partial charge on any atom is 0.136 e. The second kappa shape index (κ2) is 53.5. The molecule has 0 bridgehead atoms. The van der Waals surface area contributed by atoms with Gasteiger partial charge in [-0.05, 0) is 98.5 Å². The quantitative estimate of drug-likeness (QED) is 0.0270. The second-order valence-corrected chi connectivity index (χ2v) is 29.0. The van der Waals surface area contributed by atoms with Gasteiger partial charge in [-0.15, -0.1) is 0 Å². The molecule has 6 aromatic heterocycles. The normalized spacial score (nSPS) is 10.8. The Bertz CT molecular complexity index is 3750. The van der Waals surface area contributed by atoms with Crippen molar-refractivity contribution < 1.29 is 18.9 Å². The summed E-state index contributed by atoms with van der Waals surface area (Å²) in [5.74, 6) is 30.3. The van der Waals surface area contributed by atoms with E-state index < -0.39 is 0 Å². The molecule has 10 nitrogen and oxygen atoms in total. The van der Waals surface area contributed by atoms with Gasteiger partial charge in [-0.1, -0.05) is 318 Å². The molecule has 0 saturated carbocycles. The van der Waals surface area contributed by atoms with Crippen LogP contribution in [0.2, 0.25) is 0 Å². The van der Waals surface area contributed by atoms with Crippen LogP contribution in [0.4, 0.5) is 0 Å². The molecule has 8 rings (SSSR count). The highest BCUT2D eigenvalue weighted by Gasteiger charge is 2.15. The lowest BCUT2D eigenvalue weighted by atomic mass is 10.1. The fourth-order valence-corrected chi connectivity index (χ4v) is 13.1. The molecule has 2 aromatic carbocycles. The number of benzene rings is 2. The van der Waals surface area contributed by atoms with E-state index in [1.54, 1.807) is 12.4 Å². The molecule has 0 unspecified atom stereocenters. The van der Waals surface area contributed by atoms with Crippen LogP contribution in [0.1, 0.15) is 329 Å². The third kappa shape index (κ3) is 33.5. The number of ether oxygens (including phenoxy) is 4. The van der Waals surface area contributed by atoms with Crippen molar-refractivity contribution in [2.45, 2.75) is 285 Å². The molecule has 0 fully saturated rings. The lowest BCUT2D eigenvalue weighted by molar-refractivity contribution is 0.295. The minimum atomic E-state index is 0.584. The summed E-state index contributed by atoms with van der Waals surface area (Å²) in [5.41, 5.74) is 10.8. The maximum absolute atomic E-state index is 6.69. The van der Waals surface area contributed by atoms with Gasteiger partial charge in [-0.25, -0.2) is 0 Å². The zero-order valence-electron chi connectivity index (χ0n) is 66.3. The van der Waals surface area contributed by atoms with E-state index in [-0.39, 0.29) is 0 Å². The first kappa shape index (κ1) is 84.4. The van der Waals surface area contributed by atoms with Gasteiger partial charge in [0, 0.05) is 83.7 Å². The number of pyridine rings is 6. The van der Waals surface area contributed by atoms with Crippen molar-refractivity contribution in [3.8, 4) is 105 Å². The first-order chi connectivity index (χ1) is 53.5. The third-order valence-electron chi connectivity index (χ3n) is 19.7. The molecule has 0 saturated heterocycles. The molecule has 0 aliphatic rings. The van der Waals surface area contributed by atoms with Gasteiger partial charge >= 0.3 is 0 Å². The zero-order chi connectivity index (χ0) is 75.2. The van der Waals surface area contributed by atoms with Gasteiger partial charge in [0.1, 0.15) is 23.0 Å². The number of unbranched alkanes of at least 4 members (excludes halogenated alkanes) is 36. The Morgan fingerprint density at radius 1 is 0.213 bits per heavy atom. The number of hydrogen-bond donors (Lipinski definition) is 0. The van der Waals surface area contributed by atoms with Crippen molar-refractivity contribution in [1.29, 1.82) is 0 Å². The van der Waals surface area contributed by atoms with Crippen LogP contribution in [0.15, 0.2) is 146 Å². The second-order valence-electron chi connectivity index (χ2n) is 29.0. The van der Waals surface area contributed by atoms with E-state index in [1.165, 1.54) is 205 Å². The van der Waals surface area contributed by atoms with Crippen molar-refractivity contribution in [2.24, 2.45) is 0 Å². The first-order valence-electron chi connectivity index (χ1n) is 42.1. The fraction of sp³-hybridized carbons (Fsp3) is 0.490. The zero-order valence-corrected chi connectivity index (χ0v) is 66.3. The van der Waals surface area contributed by atoms with Crippen LogP contribution < -0.4 is 18.9 Å². The molecular formula is C98H124N6O4. The molecule has 0 N–H and O–H groups in total. The molecule has 108 heavy (non-hydrogen) atoms. The lowest BCUT2D eigenvalue weighted by Crippen LogP contribution is -2.03. The average molecular weight is 1450 g/mol. The summed E-state index contributed by atoms with van der Waals surface area (Å²) >= 11 is 0. The number of aromatic nitrogens is 6. The van der Waals surface area contributed by atoms with Crippen molar-refractivity contribution in [2.75, 3.05) is 26.4 Å². The maximum atomic E-state index is 6.69. The van der Waals surface area contributed by atoms with E-state index in [9.17, 15) is 0 Å². The molecule has 0 spiro atoms. The largest absolute Gasteiger partial charge is 0.492 e. The average Bonchev–Trinajstić information content (AvgIpc) is 0.816. The predicted molar refractivity (Wildman–Crippen MR) is 449 cm³/mol. The highest BCUT2D eigenvalue weighted by Crippen LogP contribution is 2.32. The molecule has 0 atom stereocenters. The summed E-state index contributed by atoms with van der Waals surface area (Å²) < 4.78 is 26.7. The van der Waals surface area contributed by atoms with Crippen LogP contribution in [-0.2, 0) is 0 Å². The monoisotopic (exact) mass is 1450 g/mol. The topological polar surface area (TPSA) is 114 Å². The van der Waals surface area contributed by atoms with E-state index in [0.717, 1.165) is 130 Å². The minimum Gasteiger partial charge on any atom is -0.492 e. The van der Waals surface area contributed by atoms with E-state index in [2.05, 4.69) is 85.0 Å². The number of rotatable bonds is 51. The molecule has 570 valence electrons. The molecule has 6 heterocycles. The van der Waals surface area contributed by atoms with Crippen molar-refractivity contribution in [1.82, 2.24) is 29.9 Å². The third-order valence-corrected chi connectivity index (χ3v) is 19.7. The van der Waals surface area contributed by atoms with Gasteiger partial charge in [0.05, 0.1) is 82.8 Å². The Kier molecular flexibility index (Phi) is 41.8. The van der Waals surface area contributed by atoms with Crippen LogP contribution in [0.5, 0.6) is 23.0 Å². The van der Waals surface area contributed by atoms with Crippen LogP contribution in [0.3, 0.4) is 0 Å². The van der Waals surface area contributed by atoms with E-state index in [0.29, 0.717) is 49.4 Å². The van der Waals surface area contributed by atoms with Crippen LogP contribution in [0.25, 0.3) is 34.2 Å². The van der Waals surface area contributed by atoms with Crippen LogP contribution in [-0.4, -0.2) is 56.3 Å². The Morgan fingerprint density at radius 2 is 0.417 bits per heavy atom. The number of hydrogen-bond acceptors (Lipinski definition) is 10. The van der Waals surface area contributed by atoms with Crippen LogP contribution >= 0.6 is 0 Å². The summed E-state index contributed by atoms with van der Waals surface area (Å²) in [6.45, 7) is 11.5. The van der Waals surface area contributed by atoms with Gasteiger partial charge < -0.3 is 18.9 Å². The van der Waals surface area contributed by atoms with E-state index in [4.69, 9.17) is 38.9 Å². The highest BCUT2D eigenvalue weighted by molar-refractivity contribution is 5.64. The van der Waals surface area contributed by atoms with Crippen molar-refractivity contribution >= 4 is 0 Å². The molecule has 0 amide bonds. The molecular weight excluding hydrogens is 1330 g/mol. The summed E-state index contributed by atoms with van der Waals surface area (Å²) in [6, 6.07) is 35.7. The summed E-state index contributed by atoms with van der Waals surface area (Å²) in [6.07, 6.45) is 60.8. The van der Waals surface area contributed by atoms with E-state index in [1.807, 2.05) is 134 Å². The summed E-state index contributed by atoms with van der Waals surface area (Å²) in [4.78, 5) is 28.2. The van der Waals surface area contributed by atoms with Gasteiger partial charge in [-0.3, -0.25) is 29.9 Å². The molecule has 0 aliphatic heterocycles. The SMILES string of the molecule is CCCCCCCCCCCCOc1cc(C#Cc2ccc(-c3ccc(C#Cc4cc(OCCCCCCCCCCCC)c(C#Cc5ccc(-c6ccccn6)nc5)cc4OCCCCCCCCCCCC)cn3)nc2)c(OCCCCCCCCCCCC)cc1C#Cc1ccc(-c2ccccn2)nc1. The molecule has 10 heteroatoms. The number of nitrogens with zero attached hydrogens (tertiary/aromatic N) is 6. The highest BCUT2D eigenvalue weighted by atomic mass is 16.5. The van der Waals surface area contributed by atoms with Crippen LogP contribution in [0, 0.1) is 47.4 Å². The first-order valence-corrected chi connectivity index (χ1v) is 42.1. The lowest BCUT2D eigenvalue weighted by Gasteiger charge is -2.14. The Balaban J connectivity index is 1.01. The minimum absolute atomic E-state index is 0.584. The van der Waals surface area contributed by atoms with Crippen molar-refractivity contribution in [3.05, 3.63) is 191 Å². The van der Waals surface area contributed by atoms with E-state index >= 15 is 0 Å². The van der Waals surface area contributed by atoms with Gasteiger partial charge in [0.15, 0.2) is 0 Å². The summed E-state index contributed by atoms with van der Waals surface area (Å²) in [7, 11) is 0.